The largest absolute Gasteiger partial charge is 0.335 e. The van der Waals surface area contributed by atoms with Crippen molar-refractivity contribution in [1.82, 2.24) is 9.55 Å². The zero-order chi connectivity index (χ0) is 11.4. The van der Waals surface area contributed by atoms with Gasteiger partial charge in [-0.2, -0.15) is 0 Å². The van der Waals surface area contributed by atoms with Gasteiger partial charge in [-0.1, -0.05) is 30.3 Å². The fourth-order valence-corrected chi connectivity index (χ4v) is 1.63. The molecule has 0 radical (unpaired) electrons. The quantitative estimate of drug-likeness (QED) is 0.733. The molecule has 1 aromatic heterocycles. The first-order valence-corrected chi connectivity index (χ1v) is 5.33. The number of nitrogens with zero attached hydrogens (tertiary/aromatic N) is 2. The van der Waals surface area contributed by atoms with E-state index in [0.29, 0.717) is 13.0 Å². The standard InChI is InChI=1S/C13H14N2O/c1-11-14-8-10-15(11)9-7-13(16)12-5-3-2-4-6-12/h2-6,8,10H,7,9H2,1H3. The molecule has 0 aliphatic heterocycles. The number of carbonyl (C=O) groups is 1. The lowest BCUT2D eigenvalue weighted by atomic mass is 10.1. The van der Waals surface area contributed by atoms with Crippen molar-refractivity contribution in [2.24, 2.45) is 0 Å². The molecule has 2 rings (SSSR count). The number of hydrogen-bond donors (Lipinski definition) is 0. The molecule has 2 aromatic rings. The Labute approximate surface area is 94.7 Å². The SMILES string of the molecule is Cc1nccn1CCC(=O)c1ccccc1. The van der Waals surface area contributed by atoms with Crippen molar-refractivity contribution >= 4 is 5.78 Å². The van der Waals surface area contributed by atoms with E-state index in [1.165, 1.54) is 0 Å². The van der Waals surface area contributed by atoms with Gasteiger partial charge in [-0.3, -0.25) is 4.79 Å². The van der Waals surface area contributed by atoms with Crippen LogP contribution >= 0.6 is 0 Å². The van der Waals surface area contributed by atoms with Crippen molar-refractivity contribution in [2.45, 2.75) is 19.9 Å². The Kier molecular flexibility index (Phi) is 3.15. The van der Waals surface area contributed by atoms with Gasteiger partial charge in [0.1, 0.15) is 5.82 Å². The summed E-state index contributed by atoms with van der Waals surface area (Å²) in [6.45, 7) is 2.63. The number of aromatic nitrogens is 2. The fourth-order valence-electron chi connectivity index (χ4n) is 1.63. The summed E-state index contributed by atoms with van der Waals surface area (Å²) in [6.07, 6.45) is 4.16. The second-order valence-corrected chi connectivity index (χ2v) is 3.71. The molecular weight excluding hydrogens is 200 g/mol. The molecule has 0 aliphatic carbocycles. The highest BCUT2D eigenvalue weighted by Crippen LogP contribution is 2.05. The molecular formula is C13H14N2O. The summed E-state index contributed by atoms with van der Waals surface area (Å²) in [5.41, 5.74) is 0.778. The molecule has 3 heteroatoms. The van der Waals surface area contributed by atoms with Crippen LogP contribution in [0.1, 0.15) is 22.6 Å². The predicted octanol–water partition coefficient (Wildman–Crippen LogP) is 2.46. The first kappa shape index (κ1) is 10.6. The number of imidazole rings is 1. The topological polar surface area (TPSA) is 34.9 Å². The summed E-state index contributed by atoms with van der Waals surface area (Å²) in [6, 6.07) is 9.38. The Hall–Kier alpha value is -1.90. The third-order valence-electron chi connectivity index (χ3n) is 2.60. The Bertz CT molecular complexity index is 474. The van der Waals surface area contributed by atoms with E-state index in [2.05, 4.69) is 4.98 Å². The summed E-state index contributed by atoms with van der Waals surface area (Å²) in [5, 5.41) is 0. The van der Waals surface area contributed by atoms with Crippen LogP contribution in [0.4, 0.5) is 0 Å². The number of ketones is 1. The second kappa shape index (κ2) is 4.75. The normalized spacial score (nSPS) is 10.3. The van der Waals surface area contributed by atoms with E-state index < -0.39 is 0 Å². The average Bonchev–Trinajstić information content (AvgIpc) is 2.73. The van der Waals surface area contributed by atoms with E-state index >= 15 is 0 Å². The van der Waals surface area contributed by atoms with Crippen LogP contribution in [0.2, 0.25) is 0 Å². The van der Waals surface area contributed by atoms with Gasteiger partial charge >= 0.3 is 0 Å². The highest BCUT2D eigenvalue weighted by atomic mass is 16.1. The minimum atomic E-state index is 0.175. The first-order valence-electron chi connectivity index (χ1n) is 5.33. The van der Waals surface area contributed by atoms with Gasteiger partial charge in [0.2, 0.25) is 0 Å². The second-order valence-electron chi connectivity index (χ2n) is 3.71. The van der Waals surface area contributed by atoms with Crippen molar-refractivity contribution in [2.75, 3.05) is 0 Å². The molecule has 0 amide bonds. The molecule has 0 unspecified atom stereocenters. The fraction of sp³-hybridized carbons (Fsp3) is 0.231. The number of hydrogen-bond acceptors (Lipinski definition) is 2. The number of carbonyl (C=O) groups excluding carboxylic acids is 1. The first-order chi connectivity index (χ1) is 7.77. The van der Waals surface area contributed by atoms with Crippen molar-refractivity contribution in [1.29, 1.82) is 0 Å². The molecule has 1 heterocycles. The van der Waals surface area contributed by atoms with Gasteiger partial charge in [-0.25, -0.2) is 4.98 Å². The number of Topliss-reactive ketones (excluding diaryl/α,β-unsaturated/α-hetero) is 1. The number of rotatable bonds is 4. The van der Waals surface area contributed by atoms with Crippen LogP contribution in [0.3, 0.4) is 0 Å². The summed E-state index contributed by atoms with van der Waals surface area (Å²) >= 11 is 0. The maximum absolute atomic E-state index is 11.8. The summed E-state index contributed by atoms with van der Waals surface area (Å²) in [5.74, 6) is 1.12. The molecule has 1 aromatic carbocycles. The van der Waals surface area contributed by atoms with E-state index in [1.807, 2.05) is 48.0 Å². The summed E-state index contributed by atoms with van der Waals surface area (Å²) in [4.78, 5) is 15.9. The maximum Gasteiger partial charge on any atom is 0.164 e. The zero-order valence-electron chi connectivity index (χ0n) is 9.26. The molecule has 0 bridgehead atoms. The van der Waals surface area contributed by atoms with Crippen LogP contribution in [0.15, 0.2) is 42.7 Å². The van der Waals surface area contributed by atoms with Gasteiger partial charge in [-0.05, 0) is 6.92 Å². The lowest BCUT2D eigenvalue weighted by molar-refractivity contribution is 0.0977. The van der Waals surface area contributed by atoms with Crippen LogP contribution in [-0.4, -0.2) is 15.3 Å². The van der Waals surface area contributed by atoms with Crippen LogP contribution in [-0.2, 0) is 6.54 Å². The van der Waals surface area contributed by atoms with E-state index in [9.17, 15) is 4.79 Å². The summed E-state index contributed by atoms with van der Waals surface area (Å²) in [7, 11) is 0. The van der Waals surface area contributed by atoms with E-state index in [-0.39, 0.29) is 5.78 Å². The molecule has 0 aliphatic rings. The Morgan fingerprint density at radius 3 is 2.69 bits per heavy atom. The molecule has 3 nitrogen and oxygen atoms in total. The number of aryl methyl sites for hydroxylation is 2. The molecule has 0 atom stereocenters. The highest BCUT2D eigenvalue weighted by molar-refractivity contribution is 5.95. The Morgan fingerprint density at radius 1 is 1.31 bits per heavy atom. The molecule has 0 saturated heterocycles. The van der Waals surface area contributed by atoms with Crippen LogP contribution in [0, 0.1) is 6.92 Å². The minimum absolute atomic E-state index is 0.175. The Morgan fingerprint density at radius 2 is 2.06 bits per heavy atom. The monoisotopic (exact) mass is 214 g/mol. The number of benzene rings is 1. The van der Waals surface area contributed by atoms with Gasteiger partial charge in [0.25, 0.3) is 0 Å². The van der Waals surface area contributed by atoms with Crippen molar-refractivity contribution in [3.05, 3.63) is 54.1 Å². The van der Waals surface area contributed by atoms with Gasteiger partial charge in [0.05, 0.1) is 0 Å². The molecule has 0 fully saturated rings. The molecule has 0 spiro atoms. The zero-order valence-corrected chi connectivity index (χ0v) is 9.26. The summed E-state index contributed by atoms with van der Waals surface area (Å²) < 4.78 is 1.99. The molecule has 82 valence electrons. The van der Waals surface area contributed by atoms with Crippen LogP contribution in [0.5, 0.6) is 0 Å². The third kappa shape index (κ3) is 2.37. The van der Waals surface area contributed by atoms with Gasteiger partial charge in [0, 0.05) is 30.9 Å². The lowest BCUT2D eigenvalue weighted by Crippen LogP contribution is -2.06. The predicted molar refractivity (Wildman–Crippen MR) is 62.4 cm³/mol. The molecule has 16 heavy (non-hydrogen) atoms. The molecule has 0 saturated carbocycles. The van der Waals surface area contributed by atoms with E-state index in [4.69, 9.17) is 0 Å². The van der Waals surface area contributed by atoms with Gasteiger partial charge in [-0.15, -0.1) is 0 Å². The third-order valence-corrected chi connectivity index (χ3v) is 2.60. The van der Waals surface area contributed by atoms with Crippen molar-refractivity contribution < 1.29 is 4.79 Å². The van der Waals surface area contributed by atoms with Crippen LogP contribution < -0.4 is 0 Å². The maximum atomic E-state index is 11.8. The van der Waals surface area contributed by atoms with Gasteiger partial charge in [0.15, 0.2) is 5.78 Å². The highest BCUT2D eigenvalue weighted by Gasteiger charge is 2.05. The molecule has 0 N–H and O–H groups in total. The van der Waals surface area contributed by atoms with E-state index in [1.54, 1.807) is 6.20 Å². The minimum Gasteiger partial charge on any atom is -0.335 e. The lowest BCUT2D eigenvalue weighted by Gasteiger charge is -2.04. The average molecular weight is 214 g/mol. The Balaban J connectivity index is 1.97. The van der Waals surface area contributed by atoms with Crippen molar-refractivity contribution in [3.63, 3.8) is 0 Å². The van der Waals surface area contributed by atoms with Crippen molar-refractivity contribution in [3.8, 4) is 0 Å². The van der Waals surface area contributed by atoms with Crippen LogP contribution in [0.25, 0.3) is 0 Å². The van der Waals surface area contributed by atoms with E-state index in [0.717, 1.165) is 11.4 Å². The smallest absolute Gasteiger partial charge is 0.164 e. The van der Waals surface area contributed by atoms with Gasteiger partial charge < -0.3 is 4.57 Å².